The van der Waals surface area contributed by atoms with E-state index in [0.29, 0.717) is 12.8 Å². The van der Waals surface area contributed by atoms with E-state index in [1.54, 1.807) is 0 Å². The molecule has 11 heteroatoms. The van der Waals surface area contributed by atoms with Gasteiger partial charge < -0.3 is 19.1 Å². The summed E-state index contributed by atoms with van der Waals surface area (Å²) in [5, 5.41) is 7.53. The zero-order chi connectivity index (χ0) is 24.7. The van der Waals surface area contributed by atoms with Crippen molar-refractivity contribution in [3.63, 3.8) is 0 Å². The quantitative estimate of drug-likeness (QED) is 0.409. The van der Waals surface area contributed by atoms with Crippen molar-refractivity contribution in [2.75, 3.05) is 32.4 Å². The Balaban J connectivity index is 0.00000161. The minimum Gasteiger partial charge on any atom is -0.748 e. The van der Waals surface area contributed by atoms with Crippen LogP contribution in [0.1, 0.15) is 61.1 Å². The molecule has 9 nitrogen and oxygen atoms in total. The van der Waals surface area contributed by atoms with Crippen molar-refractivity contribution in [2.45, 2.75) is 73.1 Å². The van der Waals surface area contributed by atoms with Crippen molar-refractivity contribution in [1.82, 2.24) is 15.1 Å². The minimum absolute atomic E-state index is 0.372. The number of amides is 1. The predicted molar refractivity (Wildman–Crippen MR) is 125 cm³/mol. The zero-order valence-corrected chi connectivity index (χ0v) is 22.7. The normalized spacial score (nSPS) is 12.7. The molecule has 31 heavy (non-hydrogen) atoms. The Morgan fingerprint density at radius 3 is 2.03 bits per heavy atom. The number of hydrogen-bond donors (Lipinski definition) is 1. The van der Waals surface area contributed by atoms with Gasteiger partial charge in [0.05, 0.1) is 41.0 Å². The van der Waals surface area contributed by atoms with Crippen molar-refractivity contribution in [2.24, 2.45) is 0 Å². The van der Waals surface area contributed by atoms with E-state index in [0.717, 1.165) is 35.3 Å². The van der Waals surface area contributed by atoms with Crippen molar-refractivity contribution in [1.29, 1.82) is 0 Å². The smallest absolute Gasteiger partial charge is 0.407 e. The highest BCUT2D eigenvalue weighted by atomic mass is 79.9. The highest BCUT2D eigenvalue weighted by molar-refractivity contribution is 9.10. The van der Waals surface area contributed by atoms with Gasteiger partial charge in [-0.3, -0.25) is 4.68 Å². The maximum Gasteiger partial charge on any atom is 0.407 e. The van der Waals surface area contributed by atoms with Crippen molar-refractivity contribution < 1.29 is 27.0 Å². The van der Waals surface area contributed by atoms with Gasteiger partial charge in [0, 0.05) is 12.8 Å². The first-order chi connectivity index (χ1) is 13.9. The standard InChI is InChI=1S/C19H35BrN4O2.CH4O3S/c1-9-24(10-2,11-3)13-15-12-16(20)22-23(15)19(7,8)14-21-17(25)26-18(4,5)6;1-5(2,3)4/h12H,9-11,13-14H2,1-8H3;1H3,(H,2,3,4). The lowest BCUT2D eigenvalue weighted by atomic mass is 10.1. The van der Waals surface area contributed by atoms with Gasteiger partial charge in [-0.05, 0) is 77.4 Å². The fourth-order valence-electron chi connectivity index (χ4n) is 3.05. The van der Waals surface area contributed by atoms with Gasteiger partial charge in [-0.1, -0.05) is 0 Å². The highest BCUT2D eigenvalue weighted by Crippen LogP contribution is 2.24. The van der Waals surface area contributed by atoms with E-state index < -0.39 is 21.8 Å². The molecule has 1 heterocycles. The summed E-state index contributed by atoms with van der Waals surface area (Å²) in [4.78, 5) is 12.0. The maximum atomic E-state index is 12.0. The molecule has 1 rings (SSSR count). The molecule has 0 aliphatic carbocycles. The van der Waals surface area contributed by atoms with Gasteiger partial charge in [0.1, 0.15) is 16.7 Å². The Hall–Kier alpha value is -1.17. The van der Waals surface area contributed by atoms with E-state index >= 15 is 0 Å². The number of quaternary nitrogens is 1. The molecule has 0 spiro atoms. The fraction of sp³-hybridized carbons (Fsp3) is 0.800. The fourth-order valence-corrected chi connectivity index (χ4v) is 3.47. The van der Waals surface area contributed by atoms with Gasteiger partial charge in [-0.15, -0.1) is 0 Å². The molecule has 1 aromatic rings. The summed E-state index contributed by atoms with van der Waals surface area (Å²) in [5.41, 5.74) is 0.288. The summed E-state index contributed by atoms with van der Waals surface area (Å²) in [6.07, 6.45) is 0.201. The van der Waals surface area contributed by atoms with E-state index in [1.165, 1.54) is 5.69 Å². The topological polar surface area (TPSA) is 113 Å². The lowest BCUT2D eigenvalue weighted by Gasteiger charge is -2.37. The van der Waals surface area contributed by atoms with E-state index in [1.807, 2.05) is 25.5 Å². The average molecular weight is 528 g/mol. The van der Waals surface area contributed by atoms with Crippen LogP contribution < -0.4 is 5.32 Å². The van der Waals surface area contributed by atoms with E-state index in [-0.39, 0.29) is 5.54 Å². The van der Waals surface area contributed by atoms with Crippen LogP contribution in [0.4, 0.5) is 4.79 Å². The summed E-state index contributed by atoms with van der Waals surface area (Å²) < 4.78 is 36.4. The van der Waals surface area contributed by atoms with E-state index in [9.17, 15) is 4.79 Å². The van der Waals surface area contributed by atoms with Crippen LogP contribution in [0.15, 0.2) is 10.7 Å². The lowest BCUT2D eigenvalue weighted by Crippen LogP contribution is -2.49. The molecule has 1 amide bonds. The number of nitrogens with one attached hydrogen (secondary N) is 1. The van der Waals surface area contributed by atoms with Gasteiger partial charge in [0.2, 0.25) is 0 Å². The zero-order valence-electron chi connectivity index (χ0n) is 20.3. The van der Waals surface area contributed by atoms with Crippen molar-refractivity contribution in [3.8, 4) is 0 Å². The SMILES string of the molecule is CC[N+](CC)(CC)Cc1cc(Br)nn1C(C)(C)CNC(=O)OC(C)(C)C.CS(=O)(=O)[O-]. The lowest BCUT2D eigenvalue weighted by molar-refractivity contribution is -0.936. The first-order valence-corrected chi connectivity index (χ1v) is 13.0. The largest absolute Gasteiger partial charge is 0.748 e. The van der Waals surface area contributed by atoms with Crippen molar-refractivity contribution in [3.05, 3.63) is 16.4 Å². The van der Waals surface area contributed by atoms with Crippen LogP contribution in [-0.2, 0) is 26.9 Å². The van der Waals surface area contributed by atoms with Crippen LogP contribution in [0.2, 0.25) is 0 Å². The molecule has 0 atom stereocenters. The minimum atomic E-state index is -3.92. The number of carbonyl (C=O) groups is 1. The number of halogens is 1. The first kappa shape index (κ1) is 29.8. The first-order valence-electron chi connectivity index (χ1n) is 10.4. The number of carbonyl (C=O) groups excluding carboxylic acids is 1. The maximum absolute atomic E-state index is 12.0. The third kappa shape index (κ3) is 11.9. The second kappa shape index (κ2) is 11.6. The molecule has 0 fully saturated rings. The number of ether oxygens (including phenoxy) is 1. The Labute approximate surface area is 196 Å². The predicted octanol–water partition coefficient (Wildman–Crippen LogP) is 3.44. The number of aromatic nitrogens is 2. The Kier molecular flexibility index (Phi) is 11.2. The number of rotatable bonds is 8. The number of nitrogens with zero attached hydrogens (tertiary/aromatic N) is 3. The van der Waals surface area contributed by atoms with Gasteiger partial charge in [-0.25, -0.2) is 13.2 Å². The number of hydrogen-bond acceptors (Lipinski definition) is 6. The molecule has 1 aromatic heterocycles. The molecule has 1 N–H and O–H groups in total. The Morgan fingerprint density at radius 2 is 1.65 bits per heavy atom. The molecule has 0 radical (unpaired) electrons. The molecule has 0 unspecified atom stereocenters. The molecule has 0 bridgehead atoms. The van der Waals surface area contributed by atoms with Crippen LogP contribution >= 0.6 is 15.9 Å². The second-order valence-electron chi connectivity index (χ2n) is 9.19. The summed E-state index contributed by atoms with van der Waals surface area (Å²) in [6, 6.07) is 2.09. The summed E-state index contributed by atoms with van der Waals surface area (Å²) >= 11 is 3.52. The third-order valence-electron chi connectivity index (χ3n) is 4.90. The van der Waals surface area contributed by atoms with E-state index in [4.69, 9.17) is 17.7 Å². The third-order valence-corrected chi connectivity index (χ3v) is 5.29. The molecular formula is C20H39BrN4O5S. The summed E-state index contributed by atoms with van der Waals surface area (Å²) in [5.74, 6) is 0. The van der Waals surface area contributed by atoms with Gasteiger partial charge in [-0.2, -0.15) is 5.10 Å². The van der Waals surface area contributed by atoms with Gasteiger partial charge >= 0.3 is 6.09 Å². The van der Waals surface area contributed by atoms with Crippen LogP contribution in [0.5, 0.6) is 0 Å². The average Bonchev–Trinajstić information content (AvgIpc) is 2.96. The molecule has 0 saturated heterocycles. The summed E-state index contributed by atoms with van der Waals surface area (Å²) in [6.45, 7) is 21.0. The highest BCUT2D eigenvalue weighted by Gasteiger charge is 2.30. The van der Waals surface area contributed by atoms with Gasteiger partial charge in [0.15, 0.2) is 0 Å². The van der Waals surface area contributed by atoms with Crippen molar-refractivity contribution >= 4 is 32.1 Å². The summed E-state index contributed by atoms with van der Waals surface area (Å²) in [7, 11) is -3.92. The molecule has 0 aliphatic rings. The monoisotopic (exact) mass is 526 g/mol. The number of alkyl carbamates (subject to hydrolysis) is 1. The molecule has 0 saturated carbocycles. The van der Waals surface area contributed by atoms with Gasteiger partial charge in [0.25, 0.3) is 0 Å². The second-order valence-corrected chi connectivity index (χ2v) is 11.4. The Morgan fingerprint density at radius 1 is 1.19 bits per heavy atom. The van der Waals surface area contributed by atoms with Crippen LogP contribution in [0.3, 0.4) is 0 Å². The molecule has 0 aliphatic heterocycles. The van der Waals surface area contributed by atoms with Crippen LogP contribution in [0.25, 0.3) is 0 Å². The van der Waals surface area contributed by atoms with Crippen LogP contribution in [0, 0.1) is 0 Å². The van der Waals surface area contributed by atoms with Crippen LogP contribution in [-0.4, -0.2) is 71.4 Å². The molecule has 182 valence electrons. The molecule has 0 aromatic carbocycles. The van der Waals surface area contributed by atoms with E-state index in [2.05, 4.69) is 67.0 Å². The molecular weight excluding hydrogens is 488 g/mol. The Bertz CT molecular complexity index is 796.